The highest BCUT2D eigenvalue weighted by Gasteiger charge is 2.46. The highest BCUT2D eigenvalue weighted by molar-refractivity contribution is 5.84. The van der Waals surface area contributed by atoms with Crippen LogP contribution in [-0.4, -0.2) is 29.7 Å². The molecule has 1 aliphatic heterocycles. The minimum absolute atomic E-state index is 0.0186. The molecule has 2 aromatic carbocycles. The smallest absolute Gasteiger partial charge is 0.409 e. The lowest BCUT2D eigenvalue weighted by molar-refractivity contribution is -0.191. The van der Waals surface area contributed by atoms with Crippen molar-refractivity contribution in [2.45, 2.75) is 38.6 Å². The first-order valence-electron chi connectivity index (χ1n) is 8.07. The Hall–Kier alpha value is -2.28. The molecule has 1 fully saturated rings. The van der Waals surface area contributed by atoms with Crippen molar-refractivity contribution in [1.82, 2.24) is 10.4 Å². The number of halogens is 3. The molecule has 1 aliphatic rings. The maximum absolute atomic E-state index is 13.6. The van der Waals surface area contributed by atoms with Crippen LogP contribution in [0.4, 0.5) is 13.2 Å². The Bertz CT molecular complexity index is 789. The second-order valence-corrected chi connectivity index (χ2v) is 6.36. The fourth-order valence-corrected chi connectivity index (χ4v) is 2.99. The molecule has 1 heterocycles. The summed E-state index contributed by atoms with van der Waals surface area (Å²) in [7, 11) is 0. The molecule has 7 heteroatoms. The number of carbonyl (C=O) groups is 1. The van der Waals surface area contributed by atoms with Gasteiger partial charge in [-0.3, -0.25) is 10.2 Å². The number of rotatable bonds is 4. The van der Waals surface area contributed by atoms with Crippen molar-refractivity contribution >= 4 is 16.7 Å². The number of nitrogens with zero attached hydrogens (tertiary/aromatic N) is 1. The predicted octanol–water partition coefficient (Wildman–Crippen LogP) is 3.97. The number of carbonyl (C=O) groups excluding carboxylic acids is 1. The number of hydrogen-bond donors (Lipinski definition) is 1. The molecule has 0 aromatic heterocycles. The summed E-state index contributed by atoms with van der Waals surface area (Å²) in [5.74, 6) is 0.278. The van der Waals surface area contributed by atoms with Crippen LogP contribution in [0.2, 0.25) is 0 Å². The van der Waals surface area contributed by atoms with E-state index >= 15 is 0 Å². The van der Waals surface area contributed by atoms with Crippen LogP contribution in [0.25, 0.3) is 10.8 Å². The Morgan fingerprint density at radius 1 is 1.12 bits per heavy atom. The van der Waals surface area contributed by atoms with Crippen LogP contribution in [0.5, 0.6) is 5.75 Å². The lowest BCUT2D eigenvalue weighted by atomic mass is 10.0. The lowest BCUT2D eigenvalue weighted by Gasteiger charge is -2.29. The van der Waals surface area contributed by atoms with Gasteiger partial charge in [0.25, 0.3) is 0 Å². The summed E-state index contributed by atoms with van der Waals surface area (Å²) in [5.41, 5.74) is 2.39. The summed E-state index contributed by atoms with van der Waals surface area (Å²) in [4.78, 5) is 11.3. The van der Waals surface area contributed by atoms with Gasteiger partial charge in [0.15, 0.2) is 0 Å². The molecule has 25 heavy (non-hydrogen) atoms. The molecule has 4 nitrogen and oxygen atoms in total. The molecule has 0 bridgehead atoms. The Morgan fingerprint density at radius 2 is 1.80 bits per heavy atom. The highest BCUT2D eigenvalue weighted by atomic mass is 19.4. The van der Waals surface area contributed by atoms with Crippen molar-refractivity contribution in [2.75, 3.05) is 6.54 Å². The molecule has 1 amide bonds. The summed E-state index contributed by atoms with van der Waals surface area (Å²) in [6, 6.07) is 8.03. The topological polar surface area (TPSA) is 41.6 Å². The molecule has 0 spiro atoms. The fourth-order valence-electron chi connectivity index (χ4n) is 2.99. The van der Waals surface area contributed by atoms with Crippen LogP contribution in [0.1, 0.15) is 31.9 Å². The molecule has 0 saturated carbocycles. The van der Waals surface area contributed by atoms with Gasteiger partial charge in [-0.05, 0) is 48.4 Å². The first-order valence-corrected chi connectivity index (χ1v) is 8.07. The molecule has 0 aliphatic carbocycles. The van der Waals surface area contributed by atoms with E-state index in [1.807, 2.05) is 13.8 Å². The second kappa shape index (κ2) is 6.55. The quantitative estimate of drug-likeness (QED) is 0.905. The van der Waals surface area contributed by atoms with E-state index in [-0.39, 0.29) is 24.6 Å². The van der Waals surface area contributed by atoms with E-state index in [9.17, 15) is 18.0 Å². The SMILES string of the molecule is CC(C)Oc1ccc2cc([C@H](N3CCC(=O)N3)C(F)(F)F)ccc2c1. The molecule has 0 unspecified atom stereocenters. The third-order valence-electron chi connectivity index (χ3n) is 3.99. The zero-order valence-corrected chi connectivity index (χ0v) is 13.9. The van der Waals surface area contributed by atoms with E-state index in [1.165, 1.54) is 12.1 Å². The van der Waals surface area contributed by atoms with Crippen LogP contribution < -0.4 is 10.2 Å². The molecule has 134 valence electrons. The summed E-state index contributed by atoms with van der Waals surface area (Å²) < 4.78 is 46.3. The van der Waals surface area contributed by atoms with Crippen molar-refractivity contribution in [3.63, 3.8) is 0 Å². The van der Waals surface area contributed by atoms with E-state index in [2.05, 4.69) is 5.43 Å². The van der Waals surface area contributed by atoms with Gasteiger partial charge in [0.05, 0.1) is 6.10 Å². The number of amides is 1. The van der Waals surface area contributed by atoms with Crippen LogP contribution in [0.3, 0.4) is 0 Å². The molecule has 3 rings (SSSR count). The van der Waals surface area contributed by atoms with Gasteiger partial charge in [-0.2, -0.15) is 13.2 Å². The number of fused-ring (bicyclic) bond motifs is 1. The number of ether oxygens (including phenoxy) is 1. The van der Waals surface area contributed by atoms with Gasteiger partial charge in [-0.1, -0.05) is 18.2 Å². The van der Waals surface area contributed by atoms with Gasteiger partial charge in [0, 0.05) is 13.0 Å². The molecular weight excluding hydrogens is 333 g/mol. The normalized spacial score (nSPS) is 17.1. The Kier molecular flexibility index (Phi) is 4.60. The van der Waals surface area contributed by atoms with Crippen LogP contribution in [0, 0.1) is 0 Å². The first-order chi connectivity index (χ1) is 11.7. The van der Waals surface area contributed by atoms with Crippen molar-refractivity contribution in [1.29, 1.82) is 0 Å². The maximum atomic E-state index is 13.6. The molecule has 1 saturated heterocycles. The summed E-state index contributed by atoms with van der Waals surface area (Å²) in [6.45, 7) is 3.85. The second-order valence-electron chi connectivity index (χ2n) is 6.36. The van der Waals surface area contributed by atoms with Gasteiger partial charge < -0.3 is 4.74 Å². The zero-order chi connectivity index (χ0) is 18.2. The number of nitrogens with one attached hydrogen (secondary N) is 1. The Morgan fingerprint density at radius 3 is 2.40 bits per heavy atom. The van der Waals surface area contributed by atoms with Crippen molar-refractivity contribution in [2.24, 2.45) is 0 Å². The number of alkyl halides is 3. The van der Waals surface area contributed by atoms with Gasteiger partial charge in [-0.25, -0.2) is 5.01 Å². The van der Waals surface area contributed by atoms with Crippen molar-refractivity contribution < 1.29 is 22.7 Å². The predicted molar refractivity (Wildman–Crippen MR) is 88.0 cm³/mol. The molecule has 1 N–H and O–H groups in total. The van der Waals surface area contributed by atoms with E-state index in [0.717, 1.165) is 10.4 Å². The average Bonchev–Trinajstić information content (AvgIpc) is 2.91. The number of benzene rings is 2. The molecule has 0 radical (unpaired) electrons. The third kappa shape index (κ3) is 3.87. The number of hydrazine groups is 1. The number of hydrogen-bond acceptors (Lipinski definition) is 3. The van der Waals surface area contributed by atoms with E-state index in [4.69, 9.17) is 4.74 Å². The van der Waals surface area contributed by atoms with Gasteiger partial charge in [0.2, 0.25) is 5.91 Å². The minimum Gasteiger partial charge on any atom is -0.491 e. The van der Waals surface area contributed by atoms with E-state index in [0.29, 0.717) is 11.1 Å². The molecular formula is C18H19F3N2O2. The largest absolute Gasteiger partial charge is 0.491 e. The third-order valence-corrected chi connectivity index (χ3v) is 3.99. The first kappa shape index (κ1) is 17.5. The van der Waals surface area contributed by atoms with Crippen LogP contribution in [0.15, 0.2) is 36.4 Å². The standard InChI is InChI=1S/C18H19F3N2O2/c1-11(2)25-15-6-5-12-9-14(4-3-13(12)10-15)17(18(19,20)21)23-8-7-16(24)22-23/h3-6,9-11,17H,7-8H2,1-2H3,(H,22,24)/t17-/m0/s1. The Balaban J connectivity index is 1.96. The monoisotopic (exact) mass is 352 g/mol. The summed E-state index contributed by atoms with van der Waals surface area (Å²) in [6.07, 6.45) is -4.41. The van der Waals surface area contributed by atoms with E-state index in [1.54, 1.807) is 24.3 Å². The summed E-state index contributed by atoms with van der Waals surface area (Å²) >= 11 is 0. The van der Waals surface area contributed by atoms with Crippen molar-refractivity contribution in [3.8, 4) is 5.75 Å². The van der Waals surface area contributed by atoms with Gasteiger partial charge >= 0.3 is 6.18 Å². The minimum atomic E-state index is -4.49. The van der Waals surface area contributed by atoms with E-state index < -0.39 is 18.1 Å². The van der Waals surface area contributed by atoms with Gasteiger partial charge in [-0.15, -0.1) is 0 Å². The summed E-state index contributed by atoms with van der Waals surface area (Å²) in [5, 5.41) is 2.45. The highest BCUT2D eigenvalue weighted by Crippen LogP contribution is 2.39. The molecule has 2 aromatic rings. The Labute approximate surface area is 143 Å². The van der Waals surface area contributed by atoms with Crippen LogP contribution in [-0.2, 0) is 4.79 Å². The van der Waals surface area contributed by atoms with Gasteiger partial charge in [0.1, 0.15) is 11.8 Å². The molecule has 1 atom stereocenters. The maximum Gasteiger partial charge on any atom is 0.409 e. The van der Waals surface area contributed by atoms with Crippen LogP contribution >= 0.6 is 0 Å². The fraction of sp³-hybridized carbons (Fsp3) is 0.389. The van der Waals surface area contributed by atoms with Crippen molar-refractivity contribution in [3.05, 3.63) is 42.0 Å². The zero-order valence-electron chi connectivity index (χ0n) is 13.9. The average molecular weight is 352 g/mol. The lowest BCUT2D eigenvalue weighted by Crippen LogP contribution is -2.43.